The van der Waals surface area contributed by atoms with Gasteiger partial charge in [-0.2, -0.15) is 0 Å². The zero-order chi connectivity index (χ0) is 24.2. The molecule has 0 aromatic heterocycles. The molecule has 1 saturated heterocycles. The van der Waals surface area contributed by atoms with Crippen LogP contribution >= 0.6 is 23.2 Å². The lowest BCUT2D eigenvalue weighted by atomic mass is 9.74. The van der Waals surface area contributed by atoms with Crippen molar-refractivity contribution < 1.29 is 19.4 Å². The molecule has 1 saturated carbocycles. The molecule has 1 aliphatic carbocycles. The van der Waals surface area contributed by atoms with Gasteiger partial charge in [0.2, 0.25) is 5.91 Å². The minimum atomic E-state index is -0.967. The topological polar surface area (TPSA) is 66.8 Å². The number of nitrogens with zero attached hydrogens (tertiary/aromatic N) is 1. The summed E-state index contributed by atoms with van der Waals surface area (Å²) in [5.41, 5.74) is 1.96. The molecule has 4 rings (SSSR count). The van der Waals surface area contributed by atoms with Crippen LogP contribution in [0.3, 0.4) is 0 Å². The largest absolute Gasteiger partial charge is 0.481 e. The molecular weight excluding hydrogens is 473 g/mol. The number of carboxylic acid groups (broad SMARTS) is 1. The quantitative estimate of drug-likeness (QED) is 0.410. The van der Waals surface area contributed by atoms with Crippen LogP contribution in [-0.2, 0) is 14.3 Å². The number of carbonyl (C=O) groups excluding carboxylic acids is 1. The Morgan fingerprint density at radius 1 is 1.12 bits per heavy atom. The summed E-state index contributed by atoms with van der Waals surface area (Å²) < 4.78 is 6.04. The molecular formula is C27H31Cl2NO4. The average Bonchev–Trinajstić information content (AvgIpc) is 3.63. The normalized spacial score (nSPS) is 23.7. The number of likely N-dealkylation sites (tertiary alicyclic amines) is 1. The van der Waals surface area contributed by atoms with Crippen molar-refractivity contribution in [2.45, 2.75) is 57.0 Å². The highest BCUT2D eigenvalue weighted by Gasteiger charge is 2.46. The second-order valence-electron chi connectivity index (χ2n) is 9.48. The summed E-state index contributed by atoms with van der Waals surface area (Å²) in [5, 5.41) is 10.8. The fourth-order valence-corrected chi connectivity index (χ4v) is 5.35. The van der Waals surface area contributed by atoms with Crippen LogP contribution in [0.5, 0.6) is 0 Å². The van der Waals surface area contributed by atoms with Crippen molar-refractivity contribution in [2.75, 3.05) is 13.2 Å². The summed E-state index contributed by atoms with van der Waals surface area (Å²) in [7, 11) is 0. The van der Waals surface area contributed by atoms with Crippen LogP contribution in [0.15, 0.2) is 48.5 Å². The van der Waals surface area contributed by atoms with Gasteiger partial charge < -0.3 is 14.7 Å². The highest BCUT2D eigenvalue weighted by atomic mass is 35.5. The van der Waals surface area contributed by atoms with Gasteiger partial charge in [0.1, 0.15) is 0 Å². The monoisotopic (exact) mass is 503 g/mol. The Balaban J connectivity index is 1.76. The number of carbonyl (C=O) groups is 2. The Morgan fingerprint density at radius 2 is 1.85 bits per heavy atom. The van der Waals surface area contributed by atoms with E-state index in [9.17, 15) is 14.7 Å². The van der Waals surface area contributed by atoms with Gasteiger partial charge in [0.25, 0.3) is 0 Å². The minimum absolute atomic E-state index is 0.112. The summed E-state index contributed by atoms with van der Waals surface area (Å²) in [6.45, 7) is 3.19. The number of benzene rings is 2. The number of hydrogen-bond acceptors (Lipinski definition) is 3. The van der Waals surface area contributed by atoms with Gasteiger partial charge in [-0.1, -0.05) is 54.4 Å². The zero-order valence-electron chi connectivity index (χ0n) is 19.3. The van der Waals surface area contributed by atoms with Crippen molar-refractivity contribution in [3.8, 4) is 0 Å². The number of amides is 1. The first-order valence-corrected chi connectivity index (χ1v) is 12.8. The molecule has 1 aliphatic heterocycles. The predicted molar refractivity (Wildman–Crippen MR) is 133 cm³/mol. The zero-order valence-corrected chi connectivity index (χ0v) is 20.8. The van der Waals surface area contributed by atoms with Gasteiger partial charge in [-0.15, -0.1) is 0 Å². The summed E-state index contributed by atoms with van der Waals surface area (Å²) in [4.78, 5) is 27.4. The number of halogens is 2. The molecule has 2 aromatic carbocycles. The SMILES string of the molecule is CC[C@@H](COCC1CC1)N1C(=O)[C@@H](CC(=O)O)CC(c2cccc(Cl)c2)[C@H]1c1ccc(Cl)cc1. The lowest BCUT2D eigenvalue weighted by molar-refractivity contribution is -0.154. The molecule has 1 amide bonds. The fraction of sp³-hybridized carbons (Fsp3) is 0.481. The van der Waals surface area contributed by atoms with E-state index in [-0.39, 0.29) is 30.3 Å². The van der Waals surface area contributed by atoms with E-state index in [1.807, 2.05) is 60.4 Å². The summed E-state index contributed by atoms with van der Waals surface area (Å²) in [6, 6.07) is 14.8. The van der Waals surface area contributed by atoms with E-state index in [4.69, 9.17) is 27.9 Å². The maximum atomic E-state index is 13.8. The fourth-order valence-electron chi connectivity index (χ4n) is 5.03. The Morgan fingerprint density at radius 3 is 2.47 bits per heavy atom. The maximum absolute atomic E-state index is 13.8. The smallest absolute Gasteiger partial charge is 0.304 e. The molecule has 1 unspecified atom stereocenters. The minimum Gasteiger partial charge on any atom is -0.481 e. The van der Waals surface area contributed by atoms with Gasteiger partial charge >= 0.3 is 5.97 Å². The lowest BCUT2D eigenvalue weighted by Gasteiger charge is -2.48. The standard InChI is InChI=1S/C27H31Cl2NO4/c1-2-23(16-34-15-17-6-7-17)30-26(18-8-10-21(28)11-9-18)24(19-4-3-5-22(29)12-19)13-20(27(30)33)14-25(31)32/h3-5,8-12,17,20,23-24,26H,2,6-7,13-16H2,1H3,(H,31,32)/t20-,23+,24?,26-/m1/s1. The van der Waals surface area contributed by atoms with Crippen LogP contribution in [0.4, 0.5) is 0 Å². The van der Waals surface area contributed by atoms with Crippen molar-refractivity contribution >= 4 is 35.1 Å². The third-order valence-corrected chi connectivity index (χ3v) is 7.44. The van der Waals surface area contributed by atoms with Crippen LogP contribution < -0.4 is 0 Å². The number of piperidine rings is 1. The molecule has 7 heteroatoms. The highest BCUT2D eigenvalue weighted by molar-refractivity contribution is 6.30. The van der Waals surface area contributed by atoms with Crippen LogP contribution in [0.25, 0.3) is 0 Å². The molecule has 5 nitrogen and oxygen atoms in total. The third kappa shape index (κ3) is 5.94. The summed E-state index contributed by atoms with van der Waals surface area (Å²) in [6.07, 6.45) is 3.35. The summed E-state index contributed by atoms with van der Waals surface area (Å²) in [5.74, 6) is -1.18. The van der Waals surface area contributed by atoms with Crippen molar-refractivity contribution in [3.05, 3.63) is 69.7 Å². The average molecular weight is 504 g/mol. The van der Waals surface area contributed by atoms with Gasteiger partial charge in [-0.25, -0.2) is 0 Å². The van der Waals surface area contributed by atoms with Gasteiger partial charge in [-0.05, 0) is 67.0 Å². The number of hydrogen-bond donors (Lipinski definition) is 1. The molecule has 2 aliphatic rings. The van der Waals surface area contributed by atoms with Crippen LogP contribution in [-0.4, -0.2) is 41.1 Å². The Bertz CT molecular complexity index is 1010. The Hall–Kier alpha value is -2.08. The molecule has 0 radical (unpaired) electrons. The number of carboxylic acids is 1. The molecule has 0 spiro atoms. The molecule has 182 valence electrons. The van der Waals surface area contributed by atoms with Crippen molar-refractivity contribution in [2.24, 2.45) is 11.8 Å². The first-order valence-electron chi connectivity index (χ1n) is 12.0. The van der Waals surface area contributed by atoms with E-state index in [0.29, 0.717) is 42.0 Å². The molecule has 4 atom stereocenters. The number of ether oxygens (including phenoxy) is 1. The second-order valence-corrected chi connectivity index (χ2v) is 10.3. The van der Waals surface area contributed by atoms with E-state index >= 15 is 0 Å². The lowest BCUT2D eigenvalue weighted by Crippen LogP contribution is -2.53. The van der Waals surface area contributed by atoms with E-state index in [1.165, 1.54) is 12.8 Å². The van der Waals surface area contributed by atoms with Gasteiger partial charge in [0.05, 0.1) is 25.1 Å². The molecule has 1 heterocycles. The van der Waals surface area contributed by atoms with Gasteiger partial charge in [-0.3, -0.25) is 9.59 Å². The molecule has 0 bridgehead atoms. The van der Waals surface area contributed by atoms with Crippen LogP contribution in [0.2, 0.25) is 10.0 Å². The highest BCUT2D eigenvalue weighted by Crippen LogP contribution is 2.47. The number of aliphatic carboxylic acids is 1. The van der Waals surface area contributed by atoms with Crippen molar-refractivity contribution in [3.63, 3.8) is 0 Å². The molecule has 2 fully saturated rings. The predicted octanol–water partition coefficient (Wildman–Crippen LogP) is 6.35. The Kier molecular flexibility index (Phi) is 8.18. The first kappa shape index (κ1) is 25.0. The van der Waals surface area contributed by atoms with E-state index in [1.54, 1.807) is 0 Å². The summed E-state index contributed by atoms with van der Waals surface area (Å²) >= 11 is 12.5. The molecule has 1 N–H and O–H groups in total. The van der Waals surface area contributed by atoms with E-state index in [2.05, 4.69) is 0 Å². The second kappa shape index (κ2) is 11.1. The van der Waals surface area contributed by atoms with E-state index < -0.39 is 11.9 Å². The Labute approximate surface area is 211 Å². The maximum Gasteiger partial charge on any atom is 0.304 e. The molecule has 34 heavy (non-hydrogen) atoms. The van der Waals surface area contributed by atoms with Crippen LogP contribution in [0.1, 0.15) is 62.1 Å². The van der Waals surface area contributed by atoms with Gasteiger partial charge in [0.15, 0.2) is 0 Å². The van der Waals surface area contributed by atoms with Crippen molar-refractivity contribution in [1.29, 1.82) is 0 Å². The van der Waals surface area contributed by atoms with E-state index in [0.717, 1.165) is 11.1 Å². The van der Waals surface area contributed by atoms with Crippen molar-refractivity contribution in [1.82, 2.24) is 4.90 Å². The van der Waals surface area contributed by atoms with Gasteiger partial charge in [0, 0.05) is 28.5 Å². The molecule has 2 aromatic rings. The third-order valence-electron chi connectivity index (χ3n) is 6.96. The number of rotatable bonds is 10. The van der Waals surface area contributed by atoms with Crippen LogP contribution in [0, 0.1) is 11.8 Å². The first-order chi connectivity index (χ1) is 16.4.